The predicted molar refractivity (Wildman–Crippen MR) is 71.4 cm³/mol. The summed E-state index contributed by atoms with van der Waals surface area (Å²) in [5.41, 5.74) is 2.01. The van der Waals surface area contributed by atoms with E-state index in [0.29, 0.717) is 22.3 Å². The number of benzene rings is 2. The Morgan fingerprint density at radius 3 is 2.35 bits per heavy atom. The van der Waals surface area contributed by atoms with E-state index in [1.165, 1.54) is 12.1 Å². The first-order chi connectivity index (χ1) is 9.74. The summed E-state index contributed by atoms with van der Waals surface area (Å²) >= 11 is 0. The van der Waals surface area contributed by atoms with Crippen molar-refractivity contribution >= 4 is 5.97 Å². The summed E-state index contributed by atoms with van der Waals surface area (Å²) in [6.07, 6.45) is 0. The molecule has 0 fully saturated rings. The van der Waals surface area contributed by atoms with E-state index in [4.69, 9.17) is 15.3 Å². The van der Waals surface area contributed by atoms with Crippen molar-refractivity contribution in [1.82, 2.24) is 0 Å². The molecule has 2 aromatic rings. The molecule has 0 heterocycles. The summed E-state index contributed by atoms with van der Waals surface area (Å²) in [6.45, 7) is 0.0442. The first-order valence-corrected chi connectivity index (χ1v) is 5.90. The van der Waals surface area contributed by atoms with Crippen molar-refractivity contribution in [3.8, 4) is 12.1 Å². The zero-order chi connectivity index (χ0) is 14.4. The third-order valence-corrected chi connectivity index (χ3v) is 2.75. The fourth-order valence-electron chi connectivity index (χ4n) is 1.66. The average molecular weight is 262 g/mol. The summed E-state index contributed by atoms with van der Waals surface area (Å²) in [4.78, 5) is 11.8. The number of nitrogens with zero attached hydrogens (tertiary/aromatic N) is 2. The van der Waals surface area contributed by atoms with E-state index in [0.717, 1.165) is 0 Å². The van der Waals surface area contributed by atoms with Crippen LogP contribution in [0.1, 0.15) is 27.0 Å². The maximum Gasteiger partial charge on any atom is 0.338 e. The monoisotopic (exact) mass is 262 g/mol. The normalized spacial score (nSPS) is 9.30. The molecule has 0 bridgehead atoms. The van der Waals surface area contributed by atoms with Crippen LogP contribution in [-0.4, -0.2) is 5.97 Å². The second-order valence-corrected chi connectivity index (χ2v) is 4.03. The first kappa shape index (κ1) is 13.3. The Labute approximate surface area is 116 Å². The third-order valence-electron chi connectivity index (χ3n) is 2.75. The van der Waals surface area contributed by atoms with Gasteiger partial charge in [0.2, 0.25) is 0 Å². The molecule has 4 nitrogen and oxygen atoms in total. The molecule has 0 amide bonds. The van der Waals surface area contributed by atoms with Crippen LogP contribution < -0.4 is 0 Å². The van der Waals surface area contributed by atoms with E-state index in [9.17, 15) is 4.79 Å². The zero-order valence-electron chi connectivity index (χ0n) is 10.5. The van der Waals surface area contributed by atoms with Crippen molar-refractivity contribution in [2.24, 2.45) is 0 Å². The lowest BCUT2D eigenvalue weighted by Gasteiger charge is -2.06. The number of rotatable bonds is 3. The molecule has 0 saturated heterocycles. The smallest absolute Gasteiger partial charge is 0.338 e. The molecule has 2 aromatic carbocycles. The number of ether oxygens (including phenoxy) is 1. The lowest BCUT2D eigenvalue weighted by Crippen LogP contribution is -2.06. The van der Waals surface area contributed by atoms with Crippen LogP contribution in [0.5, 0.6) is 0 Å². The van der Waals surface area contributed by atoms with E-state index in [1.54, 1.807) is 36.4 Å². The Morgan fingerprint density at radius 1 is 1.00 bits per heavy atom. The number of hydrogen-bond donors (Lipinski definition) is 0. The van der Waals surface area contributed by atoms with Crippen LogP contribution in [0.2, 0.25) is 0 Å². The SMILES string of the molecule is N#Cc1ccc(C(=O)OCc2ccccc2C#N)cc1. The largest absolute Gasteiger partial charge is 0.457 e. The minimum atomic E-state index is -0.484. The molecule has 0 spiro atoms. The lowest BCUT2D eigenvalue weighted by molar-refractivity contribution is 0.0472. The Kier molecular flexibility index (Phi) is 4.11. The Morgan fingerprint density at radius 2 is 1.70 bits per heavy atom. The number of carbonyl (C=O) groups excluding carboxylic acids is 1. The summed E-state index contributed by atoms with van der Waals surface area (Å²) < 4.78 is 5.16. The Bertz CT molecular complexity index is 706. The summed E-state index contributed by atoms with van der Waals surface area (Å²) in [6, 6.07) is 17.2. The van der Waals surface area contributed by atoms with Crippen molar-refractivity contribution in [3.05, 3.63) is 70.8 Å². The van der Waals surface area contributed by atoms with Crippen LogP contribution in [0.15, 0.2) is 48.5 Å². The molecule has 0 aliphatic carbocycles. The third kappa shape index (κ3) is 3.01. The van der Waals surface area contributed by atoms with Gasteiger partial charge in [-0.2, -0.15) is 10.5 Å². The van der Waals surface area contributed by atoms with Crippen molar-refractivity contribution < 1.29 is 9.53 Å². The number of hydrogen-bond acceptors (Lipinski definition) is 4. The van der Waals surface area contributed by atoms with Crippen LogP contribution in [-0.2, 0) is 11.3 Å². The predicted octanol–water partition coefficient (Wildman–Crippen LogP) is 2.79. The minimum Gasteiger partial charge on any atom is -0.457 e. The Hall–Kier alpha value is -3.11. The highest BCUT2D eigenvalue weighted by Crippen LogP contribution is 2.11. The molecule has 4 heteroatoms. The van der Waals surface area contributed by atoms with Crippen LogP contribution in [0.25, 0.3) is 0 Å². The van der Waals surface area contributed by atoms with Gasteiger partial charge in [0.1, 0.15) is 6.61 Å². The molecule has 0 unspecified atom stereocenters. The highest BCUT2D eigenvalue weighted by molar-refractivity contribution is 5.89. The summed E-state index contributed by atoms with van der Waals surface area (Å²) in [5.74, 6) is -0.484. The van der Waals surface area contributed by atoms with E-state index < -0.39 is 5.97 Å². The van der Waals surface area contributed by atoms with E-state index in [2.05, 4.69) is 0 Å². The maximum atomic E-state index is 11.8. The molecule has 0 N–H and O–H groups in total. The minimum absolute atomic E-state index is 0.0442. The van der Waals surface area contributed by atoms with Crippen LogP contribution in [0.4, 0.5) is 0 Å². The highest BCUT2D eigenvalue weighted by atomic mass is 16.5. The van der Waals surface area contributed by atoms with Gasteiger partial charge in [-0.05, 0) is 30.3 Å². The number of esters is 1. The lowest BCUT2D eigenvalue weighted by atomic mass is 10.1. The van der Waals surface area contributed by atoms with Gasteiger partial charge in [-0.25, -0.2) is 4.79 Å². The van der Waals surface area contributed by atoms with Gasteiger partial charge >= 0.3 is 5.97 Å². The van der Waals surface area contributed by atoms with Crippen molar-refractivity contribution in [1.29, 1.82) is 10.5 Å². The van der Waals surface area contributed by atoms with Crippen molar-refractivity contribution in [2.75, 3.05) is 0 Å². The molecule has 0 aliphatic heterocycles. The van der Waals surface area contributed by atoms with E-state index in [-0.39, 0.29) is 6.61 Å². The van der Waals surface area contributed by atoms with Crippen molar-refractivity contribution in [3.63, 3.8) is 0 Å². The zero-order valence-corrected chi connectivity index (χ0v) is 10.5. The van der Waals surface area contributed by atoms with Crippen LogP contribution >= 0.6 is 0 Å². The van der Waals surface area contributed by atoms with Gasteiger partial charge < -0.3 is 4.74 Å². The molecule has 20 heavy (non-hydrogen) atoms. The molecule has 0 radical (unpaired) electrons. The maximum absolute atomic E-state index is 11.8. The topological polar surface area (TPSA) is 73.9 Å². The molecule has 2 rings (SSSR count). The second kappa shape index (κ2) is 6.17. The fraction of sp³-hybridized carbons (Fsp3) is 0.0625. The van der Waals surface area contributed by atoms with Gasteiger partial charge in [0, 0.05) is 5.56 Å². The van der Waals surface area contributed by atoms with Gasteiger partial charge in [0.05, 0.1) is 28.8 Å². The fourth-order valence-corrected chi connectivity index (χ4v) is 1.66. The van der Waals surface area contributed by atoms with Crippen LogP contribution in [0, 0.1) is 22.7 Å². The molecular weight excluding hydrogens is 252 g/mol. The standard InChI is InChI=1S/C16H10N2O2/c17-9-12-5-7-13(8-6-12)16(19)20-11-15-4-2-1-3-14(15)10-18/h1-8H,11H2. The second-order valence-electron chi connectivity index (χ2n) is 4.03. The quantitative estimate of drug-likeness (QED) is 0.797. The molecule has 0 aromatic heterocycles. The molecule has 0 aliphatic rings. The number of carbonyl (C=O) groups is 1. The molecule has 0 atom stereocenters. The van der Waals surface area contributed by atoms with Gasteiger partial charge in [0.15, 0.2) is 0 Å². The average Bonchev–Trinajstić information content (AvgIpc) is 2.53. The number of nitriles is 2. The summed E-state index contributed by atoms with van der Waals surface area (Å²) in [5, 5.41) is 17.6. The van der Waals surface area contributed by atoms with E-state index in [1.807, 2.05) is 12.1 Å². The first-order valence-electron chi connectivity index (χ1n) is 5.90. The van der Waals surface area contributed by atoms with Gasteiger partial charge in [0.25, 0.3) is 0 Å². The van der Waals surface area contributed by atoms with Gasteiger partial charge in [-0.1, -0.05) is 18.2 Å². The van der Waals surface area contributed by atoms with Crippen LogP contribution in [0.3, 0.4) is 0 Å². The van der Waals surface area contributed by atoms with E-state index >= 15 is 0 Å². The van der Waals surface area contributed by atoms with Crippen molar-refractivity contribution in [2.45, 2.75) is 6.61 Å². The highest BCUT2D eigenvalue weighted by Gasteiger charge is 2.09. The summed E-state index contributed by atoms with van der Waals surface area (Å²) in [7, 11) is 0. The molecular formula is C16H10N2O2. The molecule has 0 saturated carbocycles. The molecule has 96 valence electrons. The van der Waals surface area contributed by atoms with Gasteiger partial charge in [-0.15, -0.1) is 0 Å². The van der Waals surface area contributed by atoms with Gasteiger partial charge in [-0.3, -0.25) is 0 Å². The Balaban J connectivity index is 2.05.